The van der Waals surface area contributed by atoms with Crippen molar-refractivity contribution in [3.05, 3.63) is 48.2 Å². The van der Waals surface area contributed by atoms with Crippen molar-refractivity contribution in [2.45, 2.75) is 6.42 Å². The SMILES string of the molecule is COC(=O)CCNC(=O)c1ccc(-c2ccccc2)[nH]1. The molecule has 0 saturated carbocycles. The van der Waals surface area contributed by atoms with Crippen LogP contribution in [0.3, 0.4) is 0 Å². The number of aromatic amines is 1. The Morgan fingerprint density at radius 3 is 2.60 bits per heavy atom. The smallest absolute Gasteiger partial charge is 0.307 e. The van der Waals surface area contributed by atoms with Gasteiger partial charge in [0.2, 0.25) is 0 Å². The second-order valence-corrected chi connectivity index (χ2v) is 4.23. The largest absolute Gasteiger partial charge is 0.469 e. The minimum atomic E-state index is -0.346. The van der Waals surface area contributed by atoms with Gasteiger partial charge in [-0.1, -0.05) is 30.3 Å². The lowest BCUT2D eigenvalue weighted by Crippen LogP contribution is -2.26. The number of carbonyl (C=O) groups is 2. The van der Waals surface area contributed by atoms with Gasteiger partial charge in [-0.3, -0.25) is 9.59 Å². The van der Waals surface area contributed by atoms with Gasteiger partial charge >= 0.3 is 5.97 Å². The highest BCUT2D eigenvalue weighted by molar-refractivity contribution is 5.93. The first kappa shape index (κ1) is 13.9. The summed E-state index contributed by atoms with van der Waals surface area (Å²) in [5.74, 6) is -0.585. The summed E-state index contributed by atoms with van der Waals surface area (Å²) >= 11 is 0. The number of esters is 1. The predicted octanol–water partition coefficient (Wildman–Crippen LogP) is 1.97. The maximum Gasteiger partial charge on any atom is 0.307 e. The van der Waals surface area contributed by atoms with E-state index in [0.717, 1.165) is 11.3 Å². The third-order valence-corrected chi connectivity index (χ3v) is 2.86. The van der Waals surface area contributed by atoms with Crippen molar-refractivity contribution in [1.29, 1.82) is 0 Å². The van der Waals surface area contributed by atoms with E-state index in [9.17, 15) is 9.59 Å². The van der Waals surface area contributed by atoms with Crippen LogP contribution in [0, 0.1) is 0 Å². The van der Waals surface area contributed by atoms with Crippen LogP contribution < -0.4 is 5.32 Å². The molecular formula is C15H16N2O3. The predicted molar refractivity (Wildman–Crippen MR) is 75.2 cm³/mol. The fraction of sp³-hybridized carbons (Fsp3) is 0.200. The number of rotatable bonds is 5. The summed E-state index contributed by atoms with van der Waals surface area (Å²) < 4.78 is 4.50. The molecule has 0 saturated heterocycles. The highest BCUT2D eigenvalue weighted by Crippen LogP contribution is 2.17. The lowest BCUT2D eigenvalue weighted by Gasteiger charge is -2.03. The number of carbonyl (C=O) groups excluding carboxylic acids is 2. The molecular weight excluding hydrogens is 256 g/mol. The summed E-state index contributed by atoms with van der Waals surface area (Å²) in [6, 6.07) is 13.3. The maximum absolute atomic E-state index is 11.9. The van der Waals surface area contributed by atoms with Gasteiger partial charge in [0.15, 0.2) is 0 Å². The second kappa shape index (κ2) is 6.56. The molecule has 1 amide bonds. The molecule has 20 heavy (non-hydrogen) atoms. The minimum absolute atomic E-state index is 0.161. The van der Waals surface area contributed by atoms with E-state index < -0.39 is 0 Å². The normalized spacial score (nSPS) is 10.1. The van der Waals surface area contributed by atoms with Crippen molar-refractivity contribution in [1.82, 2.24) is 10.3 Å². The van der Waals surface area contributed by atoms with Gasteiger partial charge in [-0.25, -0.2) is 0 Å². The molecule has 2 rings (SSSR count). The van der Waals surface area contributed by atoms with Crippen molar-refractivity contribution in [2.75, 3.05) is 13.7 Å². The molecule has 0 unspecified atom stereocenters. The number of benzene rings is 1. The van der Waals surface area contributed by atoms with E-state index >= 15 is 0 Å². The van der Waals surface area contributed by atoms with Crippen molar-refractivity contribution < 1.29 is 14.3 Å². The monoisotopic (exact) mass is 272 g/mol. The zero-order valence-corrected chi connectivity index (χ0v) is 11.2. The first-order chi connectivity index (χ1) is 9.70. The second-order valence-electron chi connectivity index (χ2n) is 4.23. The van der Waals surface area contributed by atoms with E-state index in [4.69, 9.17) is 0 Å². The molecule has 1 aromatic carbocycles. The van der Waals surface area contributed by atoms with Gasteiger partial charge < -0.3 is 15.0 Å². The van der Waals surface area contributed by atoms with Crippen molar-refractivity contribution in [3.8, 4) is 11.3 Å². The van der Waals surface area contributed by atoms with Crippen LogP contribution in [0.4, 0.5) is 0 Å². The zero-order chi connectivity index (χ0) is 14.4. The Kier molecular flexibility index (Phi) is 4.55. The summed E-state index contributed by atoms with van der Waals surface area (Å²) in [4.78, 5) is 25.9. The van der Waals surface area contributed by atoms with Crippen LogP contribution in [0.15, 0.2) is 42.5 Å². The third kappa shape index (κ3) is 3.47. The van der Waals surface area contributed by atoms with Crippen molar-refractivity contribution in [3.63, 3.8) is 0 Å². The molecule has 0 aliphatic heterocycles. The van der Waals surface area contributed by atoms with Crippen LogP contribution in [0.25, 0.3) is 11.3 Å². The number of ether oxygens (including phenoxy) is 1. The molecule has 0 spiro atoms. The first-order valence-electron chi connectivity index (χ1n) is 6.30. The standard InChI is InChI=1S/C15H16N2O3/c1-20-14(18)9-10-16-15(19)13-8-7-12(17-13)11-5-3-2-4-6-11/h2-8,17H,9-10H2,1H3,(H,16,19). The zero-order valence-electron chi connectivity index (χ0n) is 11.2. The van der Waals surface area contributed by atoms with Gasteiger partial charge in [-0.05, 0) is 17.7 Å². The maximum atomic E-state index is 11.9. The Morgan fingerprint density at radius 1 is 1.15 bits per heavy atom. The van der Waals surface area contributed by atoms with E-state index in [1.54, 1.807) is 6.07 Å². The molecule has 0 aliphatic rings. The fourth-order valence-electron chi connectivity index (χ4n) is 1.79. The summed E-state index contributed by atoms with van der Waals surface area (Å²) in [6.45, 7) is 0.255. The number of aromatic nitrogens is 1. The molecule has 5 nitrogen and oxygen atoms in total. The van der Waals surface area contributed by atoms with E-state index in [0.29, 0.717) is 5.69 Å². The van der Waals surface area contributed by atoms with Crippen LogP contribution in [0.1, 0.15) is 16.9 Å². The number of amides is 1. The highest BCUT2D eigenvalue weighted by Gasteiger charge is 2.09. The quantitative estimate of drug-likeness (QED) is 0.817. The van der Waals surface area contributed by atoms with E-state index in [1.165, 1.54) is 7.11 Å². The van der Waals surface area contributed by atoms with Crippen LogP contribution in [0.2, 0.25) is 0 Å². The first-order valence-corrected chi connectivity index (χ1v) is 6.30. The topological polar surface area (TPSA) is 71.2 Å². The third-order valence-electron chi connectivity index (χ3n) is 2.86. The van der Waals surface area contributed by atoms with E-state index in [2.05, 4.69) is 15.0 Å². The van der Waals surface area contributed by atoms with Gasteiger partial charge in [0.25, 0.3) is 5.91 Å². The lowest BCUT2D eigenvalue weighted by molar-refractivity contribution is -0.140. The summed E-state index contributed by atoms with van der Waals surface area (Å²) in [7, 11) is 1.32. The lowest BCUT2D eigenvalue weighted by atomic mass is 10.2. The van der Waals surface area contributed by atoms with Gasteiger partial charge in [-0.15, -0.1) is 0 Å². The van der Waals surface area contributed by atoms with Crippen LogP contribution in [0.5, 0.6) is 0 Å². The molecule has 1 heterocycles. The molecule has 2 aromatic rings. The fourth-order valence-corrected chi connectivity index (χ4v) is 1.79. The highest BCUT2D eigenvalue weighted by atomic mass is 16.5. The summed E-state index contributed by atoms with van der Waals surface area (Å²) in [5, 5.41) is 2.66. The summed E-state index contributed by atoms with van der Waals surface area (Å²) in [6.07, 6.45) is 0.161. The number of methoxy groups -OCH3 is 1. The Labute approximate surface area is 117 Å². The summed E-state index contributed by atoms with van der Waals surface area (Å²) in [5.41, 5.74) is 2.36. The number of hydrogen-bond acceptors (Lipinski definition) is 3. The van der Waals surface area contributed by atoms with Crippen molar-refractivity contribution >= 4 is 11.9 Å². The Morgan fingerprint density at radius 2 is 1.90 bits per heavy atom. The minimum Gasteiger partial charge on any atom is -0.469 e. The van der Waals surface area contributed by atoms with Gasteiger partial charge in [-0.2, -0.15) is 0 Å². The average Bonchev–Trinajstić information content (AvgIpc) is 2.97. The Hall–Kier alpha value is -2.56. The number of nitrogens with one attached hydrogen (secondary N) is 2. The number of hydrogen-bond donors (Lipinski definition) is 2. The average molecular weight is 272 g/mol. The Balaban J connectivity index is 1.95. The van der Waals surface area contributed by atoms with Gasteiger partial charge in [0.05, 0.1) is 13.5 Å². The van der Waals surface area contributed by atoms with Gasteiger partial charge in [0, 0.05) is 12.2 Å². The van der Waals surface area contributed by atoms with Crippen LogP contribution in [-0.4, -0.2) is 30.5 Å². The molecule has 0 aliphatic carbocycles. The van der Waals surface area contributed by atoms with Crippen LogP contribution >= 0.6 is 0 Å². The molecule has 5 heteroatoms. The number of H-pyrrole nitrogens is 1. The molecule has 104 valence electrons. The molecule has 0 atom stereocenters. The van der Waals surface area contributed by atoms with Crippen molar-refractivity contribution in [2.24, 2.45) is 0 Å². The molecule has 0 fully saturated rings. The van der Waals surface area contributed by atoms with Crippen LogP contribution in [-0.2, 0) is 9.53 Å². The molecule has 1 aromatic heterocycles. The van der Waals surface area contributed by atoms with Gasteiger partial charge in [0.1, 0.15) is 5.69 Å². The molecule has 0 radical (unpaired) electrons. The molecule has 2 N–H and O–H groups in total. The Bertz CT molecular complexity index is 590. The molecule has 0 bridgehead atoms. The van der Waals surface area contributed by atoms with E-state index in [-0.39, 0.29) is 24.8 Å². The van der Waals surface area contributed by atoms with E-state index in [1.807, 2.05) is 36.4 Å².